The molecule has 25 heteroatoms. The summed E-state index contributed by atoms with van der Waals surface area (Å²) in [7, 11) is 0. The summed E-state index contributed by atoms with van der Waals surface area (Å²) in [6.07, 6.45) is 12.1. The predicted molar refractivity (Wildman–Crippen MR) is 293 cm³/mol. The van der Waals surface area contributed by atoms with Crippen molar-refractivity contribution in [1.29, 1.82) is 10.5 Å². The SMILES string of the molecule is CC1(C#N)CN(c2nc(N3CCCCC3)c3cc(Cl)nc(Oc4c(Cl)c(F)cc5[nH]ncc45)c3n2)C1.CC1(C#N)CN(c2nc(N3CCCCC3)c3cc(Cl)nc(Oc4c(Cl)c(F)cc5c4cnn5C4CCCCO4)c3n2)C1. The van der Waals surface area contributed by atoms with Crippen LogP contribution in [0, 0.1) is 45.1 Å². The lowest BCUT2D eigenvalue weighted by Gasteiger charge is -2.43. The minimum Gasteiger partial charge on any atom is -0.434 e. The van der Waals surface area contributed by atoms with Gasteiger partial charge in [0.1, 0.15) is 54.7 Å². The molecule has 1 atom stereocenters. The maximum absolute atomic E-state index is 15.3. The first-order valence-corrected chi connectivity index (χ1v) is 27.4. The first-order valence-electron chi connectivity index (χ1n) is 25.9. The van der Waals surface area contributed by atoms with Gasteiger partial charge in [0.15, 0.2) is 17.7 Å². The molecule has 2 aromatic carbocycles. The molecule has 13 rings (SSSR count). The summed E-state index contributed by atoms with van der Waals surface area (Å²) in [4.78, 5) is 36.7. The zero-order valence-corrected chi connectivity index (χ0v) is 45.5. The second kappa shape index (κ2) is 20.7. The Morgan fingerprint density at radius 3 is 1.63 bits per heavy atom. The van der Waals surface area contributed by atoms with Crippen LogP contribution in [-0.2, 0) is 4.74 Å². The second-order valence-corrected chi connectivity index (χ2v) is 22.6. The van der Waals surface area contributed by atoms with Crippen molar-refractivity contribution in [1.82, 2.24) is 49.9 Å². The van der Waals surface area contributed by atoms with Crippen molar-refractivity contribution < 1.29 is 23.0 Å². The number of aromatic nitrogens is 10. The topological polar surface area (TPSA) is 212 Å². The highest BCUT2D eigenvalue weighted by atomic mass is 35.5. The molecule has 5 saturated heterocycles. The van der Waals surface area contributed by atoms with Crippen molar-refractivity contribution in [3.63, 3.8) is 0 Å². The van der Waals surface area contributed by atoms with Crippen LogP contribution in [0.5, 0.6) is 23.3 Å². The van der Waals surface area contributed by atoms with Crippen molar-refractivity contribution in [2.45, 2.75) is 77.9 Å². The van der Waals surface area contributed by atoms with Crippen molar-refractivity contribution in [3.8, 4) is 35.4 Å². The predicted octanol–water partition coefficient (Wildman–Crippen LogP) is 12.1. The number of halogens is 6. The number of fused-ring (bicyclic) bond motifs is 4. The molecule has 8 aromatic rings. The molecule has 5 aliphatic heterocycles. The molecule has 1 unspecified atom stereocenters. The van der Waals surface area contributed by atoms with Crippen LogP contribution in [0.1, 0.15) is 77.9 Å². The van der Waals surface area contributed by atoms with Crippen LogP contribution >= 0.6 is 46.4 Å². The number of rotatable bonds is 9. The Kier molecular flexibility index (Phi) is 13.8. The standard InChI is InChI=1S/C29H29Cl2FN8O2.C24H21Cl2FN8O/c1-29(14-33)15-39(16-29)28-36-24-17(26(37-28)38-8-4-2-5-9-38)11-21(30)35-27(24)42-25-18-13-34-40(22-7-3-6-10-41-22)20(18)12-19(32)23(25)31;1-24(10-28)11-35(12-24)23-31-19-13(21(32-23)34-5-3-2-4-6-34)7-17(25)30-22(19)36-20-14-9-29-33-16(14)8-15(27)18(20)26/h11-13,22H,2-10,15-16H2,1H3;7-9H,2-6,11-12H2,1H3,(H,29,33). The summed E-state index contributed by atoms with van der Waals surface area (Å²) in [6, 6.07) is 10.8. The number of nitrogens with one attached hydrogen (secondary N) is 1. The lowest BCUT2D eigenvalue weighted by Crippen LogP contribution is -2.54. The molecule has 5 aliphatic rings. The van der Waals surface area contributed by atoms with Crippen molar-refractivity contribution in [3.05, 3.63) is 68.6 Å². The van der Waals surface area contributed by atoms with Gasteiger partial charge in [-0.3, -0.25) is 5.10 Å². The number of nitrogens with zero attached hydrogens (tertiary/aromatic N) is 15. The molecule has 0 radical (unpaired) electrons. The van der Waals surface area contributed by atoms with Crippen molar-refractivity contribution in [2.24, 2.45) is 10.8 Å². The van der Waals surface area contributed by atoms with Crippen LogP contribution in [0.4, 0.5) is 32.3 Å². The number of pyridine rings is 2. The van der Waals surface area contributed by atoms with Gasteiger partial charge in [-0.2, -0.15) is 40.7 Å². The first kappa shape index (κ1) is 51.9. The summed E-state index contributed by atoms with van der Waals surface area (Å²) in [5.41, 5.74) is 0.858. The van der Waals surface area contributed by atoms with Crippen LogP contribution in [-0.4, -0.2) is 109 Å². The van der Waals surface area contributed by atoms with E-state index in [1.165, 1.54) is 18.3 Å². The molecule has 402 valence electrons. The highest BCUT2D eigenvalue weighted by Crippen LogP contribution is 2.46. The minimum absolute atomic E-state index is 0.0668. The smallest absolute Gasteiger partial charge is 0.247 e. The Morgan fingerprint density at radius 2 is 1.13 bits per heavy atom. The van der Waals surface area contributed by atoms with E-state index in [9.17, 15) is 14.9 Å². The summed E-state index contributed by atoms with van der Waals surface area (Å²) in [5.74, 6) is 1.41. The van der Waals surface area contributed by atoms with Gasteiger partial charge >= 0.3 is 0 Å². The molecule has 0 saturated carbocycles. The number of nitriles is 2. The van der Waals surface area contributed by atoms with E-state index in [1.54, 1.807) is 23.0 Å². The molecule has 0 bridgehead atoms. The Morgan fingerprint density at radius 1 is 0.615 bits per heavy atom. The normalized spacial score (nSPS) is 19.0. The monoisotopic (exact) mass is 1140 g/mol. The zero-order valence-electron chi connectivity index (χ0n) is 42.5. The Hall–Kier alpha value is -6.88. The van der Waals surface area contributed by atoms with Crippen LogP contribution in [0.15, 0.2) is 36.7 Å². The summed E-state index contributed by atoms with van der Waals surface area (Å²) in [6.45, 7) is 9.87. The van der Waals surface area contributed by atoms with Gasteiger partial charge in [-0.05, 0) is 83.8 Å². The number of hydrogen-bond donors (Lipinski definition) is 1. The van der Waals surface area contributed by atoms with E-state index in [4.69, 9.17) is 80.6 Å². The average molecular weight is 1140 g/mol. The van der Waals surface area contributed by atoms with E-state index in [2.05, 4.69) is 47.2 Å². The number of H-pyrrole nitrogens is 1. The third-order valence-corrected chi connectivity index (χ3v) is 16.0. The van der Waals surface area contributed by atoms with E-state index in [-0.39, 0.29) is 49.8 Å². The average Bonchev–Trinajstić information content (AvgIpc) is 4.23. The molecule has 0 amide bonds. The zero-order chi connectivity index (χ0) is 54.0. The maximum atomic E-state index is 15.3. The number of piperidine rings is 2. The molecule has 78 heavy (non-hydrogen) atoms. The largest absolute Gasteiger partial charge is 0.434 e. The summed E-state index contributed by atoms with van der Waals surface area (Å²) < 4.78 is 49.9. The Bertz CT molecular complexity index is 3750. The second-order valence-electron chi connectivity index (χ2n) is 21.0. The van der Waals surface area contributed by atoms with E-state index < -0.39 is 22.5 Å². The fourth-order valence-corrected chi connectivity index (χ4v) is 11.6. The first-order chi connectivity index (χ1) is 37.7. The van der Waals surface area contributed by atoms with Gasteiger partial charge in [-0.15, -0.1) is 0 Å². The van der Waals surface area contributed by atoms with E-state index in [0.717, 1.165) is 95.6 Å². The molecule has 19 nitrogen and oxygen atoms in total. The summed E-state index contributed by atoms with van der Waals surface area (Å²) in [5, 5.41) is 32.6. The lowest BCUT2D eigenvalue weighted by molar-refractivity contribution is -0.0366. The Balaban J connectivity index is 0.000000158. The third kappa shape index (κ3) is 9.67. The van der Waals surface area contributed by atoms with E-state index in [1.807, 2.05) is 23.6 Å². The fraction of sp³-hybridized carbons (Fsp3) is 0.434. The number of hydrogen-bond acceptors (Lipinski definition) is 17. The van der Waals surface area contributed by atoms with Crippen LogP contribution in [0.3, 0.4) is 0 Å². The van der Waals surface area contributed by atoms with E-state index >= 15 is 4.39 Å². The molecule has 5 fully saturated rings. The molecule has 6 aromatic heterocycles. The molecular formula is C53H50Cl4F2N16O3. The van der Waals surface area contributed by atoms with Crippen LogP contribution in [0.25, 0.3) is 43.6 Å². The lowest BCUT2D eigenvalue weighted by atomic mass is 9.84. The van der Waals surface area contributed by atoms with Gasteiger partial charge in [-0.25, -0.2) is 23.4 Å². The van der Waals surface area contributed by atoms with Gasteiger partial charge in [0.2, 0.25) is 23.7 Å². The number of anilines is 4. The molecular weight excluding hydrogens is 1090 g/mol. The number of benzene rings is 2. The minimum atomic E-state index is -0.657. The van der Waals surface area contributed by atoms with Crippen molar-refractivity contribution in [2.75, 3.05) is 78.6 Å². The highest BCUT2D eigenvalue weighted by molar-refractivity contribution is 6.34. The molecule has 11 heterocycles. The van der Waals surface area contributed by atoms with E-state index in [0.29, 0.717) is 88.3 Å². The maximum Gasteiger partial charge on any atom is 0.247 e. The molecule has 0 spiro atoms. The summed E-state index contributed by atoms with van der Waals surface area (Å²) >= 11 is 25.8. The third-order valence-electron chi connectivity index (χ3n) is 14.9. The van der Waals surface area contributed by atoms with Gasteiger partial charge in [0.05, 0.1) is 67.9 Å². The van der Waals surface area contributed by atoms with Crippen molar-refractivity contribution >= 4 is 114 Å². The van der Waals surface area contributed by atoms with Crippen LogP contribution in [0.2, 0.25) is 20.4 Å². The van der Waals surface area contributed by atoms with Gasteiger partial charge in [-0.1, -0.05) is 46.4 Å². The van der Waals surface area contributed by atoms with Gasteiger partial charge in [0, 0.05) is 71.1 Å². The quantitative estimate of drug-likeness (QED) is 0.133. The van der Waals surface area contributed by atoms with Crippen LogP contribution < -0.4 is 29.1 Å². The highest BCUT2D eigenvalue weighted by Gasteiger charge is 2.42. The van der Waals surface area contributed by atoms with Gasteiger partial charge in [0.25, 0.3) is 0 Å². The Labute approximate surface area is 465 Å². The fourth-order valence-electron chi connectivity index (χ4n) is 10.9. The number of aromatic amines is 1. The van der Waals surface area contributed by atoms with Gasteiger partial charge < -0.3 is 33.8 Å². The molecule has 1 N–H and O–H groups in total. The molecule has 0 aliphatic carbocycles. The number of ether oxygens (including phenoxy) is 3.